The summed E-state index contributed by atoms with van der Waals surface area (Å²) >= 11 is 0. The molecule has 0 amide bonds. The molecule has 0 radical (unpaired) electrons. The van der Waals surface area contributed by atoms with E-state index in [0.29, 0.717) is 10.8 Å². The molecular formula is C28H48O. The lowest BCUT2D eigenvalue weighted by Gasteiger charge is -2.58. The molecule has 3 fully saturated rings. The molecule has 1 heteroatoms. The minimum Gasteiger partial charge on any atom is -0.393 e. The second kappa shape index (κ2) is 7.99. The fourth-order valence-electron chi connectivity index (χ4n) is 8.68. The highest BCUT2D eigenvalue weighted by molar-refractivity contribution is 5.25. The maximum absolute atomic E-state index is 10.2. The Morgan fingerprint density at radius 1 is 0.966 bits per heavy atom. The summed E-state index contributed by atoms with van der Waals surface area (Å²) in [5, 5.41) is 10.2. The predicted molar refractivity (Wildman–Crippen MR) is 124 cm³/mol. The van der Waals surface area contributed by atoms with Crippen LogP contribution in [0.3, 0.4) is 0 Å². The van der Waals surface area contributed by atoms with Gasteiger partial charge in [-0.3, -0.25) is 0 Å². The van der Waals surface area contributed by atoms with Crippen molar-refractivity contribution < 1.29 is 5.11 Å². The van der Waals surface area contributed by atoms with E-state index in [2.05, 4.69) is 47.6 Å². The van der Waals surface area contributed by atoms with E-state index in [1.807, 2.05) is 0 Å². The van der Waals surface area contributed by atoms with Crippen molar-refractivity contribution in [1.29, 1.82) is 0 Å². The van der Waals surface area contributed by atoms with Crippen molar-refractivity contribution in [2.75, 3.05) is 0 Å². The zero-order valence-corrected chi connectivity index (χ0v) is 20.2. The molecule has 4 aliphatic rings. The van der Waals surface area contributed by atoms with Crippen LogP contribution in [0.25, 0.3) is 0 Å². The molecule has 9 atom stereocenters. The van der Waals surface area contributed by atoms with Gasteiger partial charge in [0.05, 0.1) is 6.10 Å². The number of rotatable bonds is 5. The Labute approximate surface area is 181 Å². The Hall–Kier alpha value is -0.300. The van der Waals surface area contributed by atoms with Gasteiger partial charge in [-0.15, -0.1) is 0 Å². The van der Waals surface area contributed by atoms with Gasteiger partial charge in [-0.25, -0.2) is 0 Å². The third kappa shape index (κ3) is 3.66. The average molecular weight is 401 g/mol. The summed E-state index contributed by atoms with van der Waals surface area (Å²) in [6, 6.07) is 0. The van der Waals surface area contributed by atoms with Gasteiger partial charge in [0, 0.05) is 0 Å². The van der Waals surface area contributed by atoms with Crippen molar-refractivity contribution >= 4 is 0 Å². The van der Waals surface area contributed by atoms with E-state index in [1.54, 1.807) is 5.57 Å². The lowest BCUT2D eigenvalue weighted by molar-refractivity contribution is -0.0574. The molecule has 1 nitrogen and oxygen atoms in total. The van der Waals surface area contributed by atoms with Gasteiger partial charge in [0.15, 0.2) is 0 Å². The molecule has 166 valence electrons. The first-order chi connectivity index (χ1) is 13.7. The SMILES string of the molecule is CC(C)C(C)CCC(C)[C@H]1CCC2C3CC=C4C[C@@H](O)CC[C@]4(C)C3CC[C@@]21C. The molecule has 29 heavy (non-hydrogen) atoms. The van der Waals surface area contributed by atoms with Crippen LogP contribution in [-0.4, -0.2) is 11.2 Å². The highest BCUT2D eigenvalue weighted by atomic mass is 16.3. The number of allylic oxidation sites excluding steroid dienone is 1. The van der Waals surface area contributed by atoms with Gasteiger partial charge in [-0.2, -0.15) is 0 Å². The summed E-state index contributed by atoms with van der Waals surface area (Å²) in [5.41, 5.74) is 2.59. The number of aliphatic hydroxyl groups excluding tert-OH is 1. The van der Waals surface area contributed by atoms with E-state index >= 15 is 0 Å². The van der Waals surface area contributed by atoms with E-state index in [4.69, 9.17) is 0 Å². The van der Waals surface area contributed by atoms with Crippen molar-refractivity contribution in [2.45, 2.75) is 112 Å². The van der Waals surface area contributed by atoms with Crippen LogP contribution in [0.1, 0.15) is 106 Å². The highest BCUT2D eigenvalue weighted by Crippen LogP contribution is 2.67. The van der Waals surface area contributed by atoms with E-state index < -0.39 is 0 Å². The molecule has 0 aliphatic heterocycles. The van der Waals surface area contributed by atoms with Crippen LogP contribution in [0.2, 0.25) is 0 Å². The maximum atomic E-state index is 10.2. The molecule has 4 aliphatic carbocycles. The van der Waals surface area contributed by atoms with Gasteiger partial charge < -0.3 is 5.11 Å². The fraction of sp³-hybridized carbons (Fsp3) is 0.929. The highest BCUT2D eigenvalue weighted by Gasteiger charge is 2.59. The zero-order valence-electron chi connectivity index (χ0n) is 20.2. The lowest BCUT2D eigenvalue weighted by atomic mass is 9.47. The minimum absolute atomic E-state index is 0.0790. The van der Waals surface area contributed by atoms with Gasteiger partial charge in [0.2, 0.25) is 0 Å². The molecule has 0 aromatic rings. The first kappa shape index (κ1) is 21.9. The molecule has 0 bridgehead atoms. The van der Waals surface area contributed by atoms with E-state index in [1.165, 1.54) is 51.4 Å². The normalized spacial score (nSPS) is 46.5. The van der Waals surface area contributed by atoms with E-state index in [0.717, 1.165) is 54.3 Å². The zero-order chi connectivity index (χ0) is 21.0. The minimum atomic E-state index is -0.0790. The molecule has 0 heterocycles. The van der Waals surface area contributed by atoms with Crippen LogP contribution in [0.4, 0.5) is 0 Å². The summed E-state index contributed by atoms with van der Waals surface area (Å²) in [4.78, 5) is 0. The summed E-state index contributed by atoms with van der Waals surface area (Å²) in [6.07, 6.45) is 15.7. The largest absolute Gasteiger partial charge is 0.393 e. The standard InChI is InChI=1S/C28H48O/c1-18(2)19(3)7-8-20(4)24-11-12-25-23-10-9-21-17-22(29)13-15-27(21,5)26(23)14-16-28(24,25)6/h9,18-20,22-26,29H,7-8,10-17H2,1-6H3/t19?,20?,22-,23?,24+,25?,26?,27-,28+/m0/s1. The summed E-state index contributed by atoms with van der Waals surface area (Å²) in [7, 11) is 0. The van der Waals surface area contributed by atoms with Crippen molar-refractivity contribution in [1.82, 2.24) is 0 Å². The Bertz CT molecular complexity index is 620. The first-order valence-electron chi connectivity index (χ1n) is 13.0. The maximum Gasteiger partial charge on any atom is 0.0577 e. The third-order valence-electron chi connectivity index (χ3n) is 11.1. The Kier molecular flexibility index (Phi) is 6.04. The quantitative estimate of drug-likeness (QED) is 0.470. The molecule has 3 saturated carbocycles. The number of aliphatic hydroxyl groups is 1. The number of hydrogen-bond donors (Lipinski definition) is 1. The van der Waals surface area contributed by atoms with Crippen molar-refractivity contribution in [2.24, 2.45) is 52.3 Å². The second-order valence-electron chi connectivity index (χ2n) is 12.7. The molecule has 5 unspecified atom stereocenters. The Balaban J connectivity index is 1.49. The predicted octanol–water partition coefficient (Wildman–Crippen LogP) is 7.63. The van der Waals surface area contributed by atoms with Crippen LogP contribution in [0.5, 0.6) is 0 Å². The van der Waals surface area contributed by atoms with Gasteiger partial charge in [0.1, 0.15) is 0 Å². The third-order valence-corrected chi connectivity index (χ3v) is 11.1. The number of hydrogen-bond acceptors (Lipinski definition) is 1. The molecular weight excluding hydrogens is 352 g/mol. The Morgan fingerprint density at radius 2 is 1.72 bits per heavy atom. The molecule has 0 aromatic heterocycles. The monoisotopic (exact) mass is 400 g/mol. The van der Waals surface area contributed by atoms with Crippen molar-refractivity contribution in [3.05, 3.63) is 11.6 Å². The Morgan fingerprint density at radius 3 is 2.45 bits per heavy atom. The van der Waals surface area contributed by atoms with Crippen molar-refractivity contribution in [3.63, 3.8) is 0 Å². The van der Waals surface area contributed by atoms with Crippen LogP contribution in [0, 0.1) is 52.3 Å². The van der Waals surface area contributed by atoms with Crippen LogP contribution < -0.4 is 0 Å². The van der Waals surface area contributed by atoms with Gasteiger partial charge in [-0.1, -0.05) is 66.0 Å². The number of fused-ring (bicyclic) bond motifs is 5. The molecule has 0 aromatic carbocycles. The first-order valence-corrected chi connectivity index (χ1v) is 13.0. The second-order valence-corrected chi connectivity index (χ2v) is 12.7. The van der Waals surface area contributed by atoms with Crippen LogP contribution in [0.15, 0.2) is 11.6 Å². The molecule has 0 spiro atoms. The van der Waals surface area contributed by atoms with E-state index in [9.17, 15) is 5.11 Å². The van der Waals surface area contributed by atoms with Crippen molar-refractivity contribution in [3.8, 4) is 0 Å². The lowest BCUT2D eigenvalue weighted by Crippen LogP contribution is -2.50. The fourth-order valence-corrected chi connectivity index (χ4v) is 8.68. The molecule has 1 N–H and O–H groups in total. The summed E-state index contributed by atoms with van der Waals surface area (Å²) in [6.45, 7) is 15.1. The molecule has 4 rings (SSSR count). The van der Waals surface area contributed by atoms with Crippen LogP contribution in [-0.2, 0) is 0 Å². The van der Waals surface area contributed by atoms with Crippen LogP contribution >= 0.6 is 0 Å². The summed E-state index contributed by atoms with van der Waals surface area (Å²) < 4.78 is 0. The average Bonchev–Trinajstić information content (AvgIpc) is 3.03. The smallest absolute Gasteiger partial charge is 0.0577 e. The summed E-state index contributed by atoms with van der Waals surface area (Å²) in [5.74, 6) is 6.24. The van der Waals surface area contributed by atoms with Gasteiger partial charge in [0.25, 0.3) is 0 Å². The topological polar surface area (TPSA) is 20.2 Å². The van der Waals surface area contributed by atoms with Gasteiger partial charge in [-0.05, 0) is 104 Å². The van der Waals surface area contributed by atoms with Gasteiger partial charge >= 0.3 is 0 Å². The van der Waals surface area contributed by atoms with E-state index in [-0.39, 0.29) is 6.10 Å². The molecule has 0 saturated heterocycles.